The summed E-state index contributed by atoms with van der Waals surface area (Å²) in [4.78, 5) is 18.0. The van der Waals surface area contributed by atoms with Crippen LogP contribution in [0.5, 0.6) is 0 Å². The summed E-state index contributed by atoms with van der Waals surface area (Å²) < 4.78 is 0. The molecule has 72 valence electrons. The Bertz CT molecular complexity index is 257. The maximum absolute atomic E-state index is 11.3. The molecule has 1 rings (SSSR count). The molecule has 0 spiro atoms. The van der Waals surface area contributed by atoms with Crippen molar-refractivity contribution in [3.8, 4) is 0 Å². The zero-order valence-electron chi connectivity index (χ0n) is 7.79. The summed E-state index contributed by atoms with van der Waals surface area (Å²) in [5.74, 6) is -0.0166. The van der Waals surface area contributed by atoms with Gasteiger partial charge in [-0.15, -0.1) is 0 Å². The predicted octanol–water partition coefficient (Wildman–Crippen LogP) is -0.366. The highest BCUT2D eigenvalue weighted by Gasteiger charge is 2.08. The molecule has 1 heterocycles. The van der Waals surface area contributed by atoms with E-state index in [1.165, 1.54) is 0 Å². The van der Waals surface area contributed by atoms with Crippen LogP contribution in [0.3, 0.4) is 0 Å². The van der Waals surface area contributed by atoms with Gasteiger partial charge in [0, 0.05) is 6.20 Å². The Morgan fingerprint density at radius 2 is 2.54 bits per heavy atom. The number of nitrogens with zero attached hydrogens (tertiary/aromatic N) is 1. The predicted molar refractivity (Wildman–Crippen MR) is 49.0 cm³/mol. The smallest absolute Gasteiger partial charge is 0.237 e. The maximum atomic E-state index is 11.3. The monoisotopic (exact) mass is 182 g/mol. The third-order valence-electron chi connectivity index (χ3n) is 1.83. The molecule has 1 amide bonds. The fourth-order valence-electron chi connectivity index (χ4n) is 0.848. The van der Waals surface area contributed by atoms with E-state index in [-0.39, 0.29) is 11.9 Å². The van der Waals surface area contributed by atoms with Crippen LogP contribution in [0, 0.1) is 0 Å². The Morgan fingerprint density at radius 1 is 1.77 bits per heavy atom. The average Bonchev–Trinajstić information content (AvgIpc) is 2.65. The van der Waals surface area contributed by atoms with Crippen LogP contribution in [0.15, 0.2) is 12.5 Å². The summed E-state index contributed by atoms with van der Waals surface area (Å²) in [6.45, 7) is 2.30. The molecule has 0 aromatic carbocycles. The van der Waals surface area contributed by atoms with Crippen molar-refractivity contribution in [3.05, 3.63) is 18.2 Å². The lowest BCUT2D eigenvalue weighted by Gasteiger charge is -2.09. The molecule has 0 saturated heterocycles. The minimum Gasteiger partial charge on any atom is -0.349 e. The highest BCUT2D eigenvalue weighted by molar-refractivity contribution is 5.81. The van der Waals surface area contributed by atoms with E-state index in [4.69, 9.17) is 0 Å². The van der Waals surface area contributed by atoms with E-state index in [1.807, 2.05) is 6.92 Å². The van der Waals surface area contributed by atoms with Gasteiger partial charge in [0.25, 0.3) is 0 Å². The third kappa shape index (κ3) is 2.87. The van der Waals surface area contributed by atoms with Crippen molar-refractivity contribution in [2.45, 2.75) is 19.5 Å². The van der Waals surface area contributed by atoms with Gasteiger partial charge in [0.1, 0.15) is 0 Å². The molecule has 13 heavy (non-hydrogen) atoms. The maximum Gasteiger partial charge on any atom is 0.237 e. The van der Waals surface area contributed by atoms with Gasteiger partial charge < -0.3 is 15.6 Å². The summed E-state index contributed by atoms with van der Waals surface area (Å²) in [5, 5.41) is 5.62. The van der Waals surface area contributed by atoms with E-state index in [2.05, 4.69) is 20.6 Å². The van der Waals surface area contributed by atoms with Crippen molar-refractivity contribution in [1.82, 2.24) is 20.6 Å². The Labute approximate surface area is 76.9 Å². The van der Waals surface area contributed by atoms with Crippen LogP contribution in [0.25, 0.3) is 0 Å². The number of likely N-dealkylation sites (N-methyl/N-ethyl adjacent to an activating group) is 1. The van der Waals surface area contributed by atoms with Crippen LogP contribution in [0.1, 0.15) is 12.6 Å². The normalized spacial score (nSPS) is 12.5. The second-order valence-corrected chi connectivity index (χ2v) is 2.81. The van der Waals surface area contributed by atoms with Crippen LogP contribution in [0.2, 0.25) is 0 Å². The van der Waals surface area contributed by atoms with Gasteiger partial charge in [-0.2, -0.15) is 0 Å². The molecule has 1 aromatic heterocycles. The number of rotatable bonds is 4. The van der Waals surface area contributed by atoms with E-state index in [9.17, 15) is 4.79 Å². The number of hydrogen-bond acceptors (Lipinski definition) is 3. The summed E-state index contributed by atoms with van der Waals surface area (Å²) in [5.41, 5.74) is 0.900. The lowest BCUT2D eigenvalue weighted by Crippen LogP contribution is -2.40. The van der Waals surface area contributed by atoms with Crippen molar-refractivity contribution in [2.24, 2.45) is 0 Å². The van der Waals surface area contributed by atoms with Crippen LogP contribution in [-0.4, -0.2) is 29.0 Å². The zero-order valence-corrected chi connectivity index (χ0v) is 7.79. The van der Waals surface area contributed by atoms with Crippen LogP contribution >= 0.6 is 0 Å². The summed E-state index contributed by atoms with van der Waals surface area (Å²) >= 11 is 0. The van der Waals surface area contributed by atoms with E-state index in [1.54, 1.807) is 19.6 Å². The summed E-state index contributed by atoms with van der Waals surface area (Å²) in [6, 6.07) is -0.164. The minimum absolute atomic E-state index is 0.0166. The van der Waals surface area contributed by atoms with Gasteiger partial charge in [0.05, 0.1) is 24.6 Å². The number of carbonyl (C=O) groups is 1. The van der Waals surface area contributed by atoms with Crippen molar-refractivity contribution in [3.63, 3.8) is 0 Å². The number of amides is 1. The molecule has 1 atom stereocenters. The third-order valence-corrected chi connectivity index (χ3v) is 1.83. The first-order valence-electron chi connectivity index (χ1n) is 4.16. The fraction of sp³-hybridized carbons (Fsp3) is 0.500. The van der Waals surface area contributed by atoms with Gasteiger partial charge in [0.2, 0.25) is 5.91 Å². The van der Waals surface area contributed by atoms with Crippen molar-refractivity contribution in [2.75, 3.05) is 7.05 Å². The first kappa shape index (κ1) is 9.73. The van der Waals surface area contributed by atoms with Gasteiger partial charge >= 0.3 is 0 Å². The molecule has 1 unspecified atom stereocenters. The number of carbonyl (C=O) groups excluding carboxylic acids is 1. The molecule has 5 heteroatoms. The Morgan fingerprint density at radius 3 is 3.08 bits per heavy atom. The van der Waals surface area contributed by atoms with E-state index in [0.717, 1.165) is 5.69 Å². The molecular weight excluding hydrogens is 168 g/mol. The standard InChI is InChI=1S/C8H14N4O/c1-6(9-2)8(13)11-4-7-3-10-5-12-7/h3,5-6,9H,4H2,1-2H3,(H,10,12)(H,11,13). The number of imidazole rings is 1. The Kier molecular flexibility index (Phi) is 3.45. The molecule has 0 radical (unpaired) electrons. The number of aromatic amines is 1. The molecular formula is C8H14N4O. The van der Waals surface area contributed by atoms with Gasteiger partial charge in [-0.3, -0.25) is 4.79 Å². The quantitative estimate of drug-likeness (QED) is 0.595. The topological polar surface area (TPSA) is 69.8 Å². The number of hydrogen-bond donors (Lipinski definition) is 3. The molecule has 3 N–H and O–H groups in total. The Balaban J connectivity index is 2.31. The van der Waals surface area contributed by atoms with Crippen LogP contribution in [-0.2, 0) is 11.3 Å². The molecule has 0 aliphatic rings. The highest BCUT2D eigenvalue weighted by atomic mass is 16.2. The van der Waals surface area contributed by atoms with Crippen LogP contribution < -0.4 is 10.6 Å². The second-order valence-electron chi connectivity index (χ2n) is 2.81. The lowest BCUT2D eigenvalue weighted by atomic mass is 10.3. The molecule has 0 aliphatic carbocycles. The van der Waals surface area contributed by atoms with Gasteiger partial charge in [-0.25, -0.2) is 4.98 Å². The Hall–Kier alpha value is -1.36. The lowest BCUT2D eigenvalue weighted by molar-refractivity contribution is -0.122. The van der Waals surface area contributed by atoms with Crippen molar-refractivity contribution >= 4 is 5.91 Å². The van der Waals surface area contributed by atoms with Crippen LogP contribution in [0.4, 0.5) is 0 Å². The minimum atomic E-state index is -0.164. The average molecular weight is 182 g/mol. The highest BCUT2D eigenvalue weighted by Crippen LogP contribution is 1.89. The largest absolute Gasteiger partial charge is 0.349 e. The summed E-state index contributed by atoms with van der Waals surface area (Å²) in [7, 11) is 1.75. The summed E-state index contributed by atoms with van der Waals surface area (Å²) in [6.07, 6.45) is 3.27. The van der Waals surface area contributed by atoms with Gasteiger partial charge in [0.15, 0.2) is 0 Å². The number of aromatic nitrogens is 2. The molecule has 0 fully saturated rings. The SMILES string of the molecule is CNC(C)C(=O)NCc1cnc[nH]1. The van der Waals surface area contributed by atoms with Crippen molar-refractivity contribution in [1.29, 1.82) is 0 Å². The van der Waals surface area contributed by atoms with Gasteiger partial charge in [-0.1, -0.05) is 0 Å². The second kappa shape index (κ2) is 4.61. The zero-order chi connectivity index (χ0) is 9.68. The van der Waals surface area contributed by atoms with Crippen molar-refractivity contribution < 1.29 is 4.79 Å². The molecule has 0 aliphatic heterocycles. The first-order valence-corrected chi connectivity index (χ1v) is 4.16. The molecule has 1 aromatic rings. The molecule has 0 saturated carbocycles. The van der Waals surface area contributed by atoms with E-state index in [0.29, 0.717) is 6.54 Å². The number of nitrogens with one attached hydrogen (secondary N) is 3. The number of H-pyrrole nitrogens is 1. The van der Waals surface area contributed by atoms with E-state index >= 15 is 0 Å². The van der Waals surface area contributed by atoms with Gasteiger partial charge in [-0.05, 0) is 14.0 Å². The molecule has 5 nitrogen and oxygen atoms in total. The first-order chi connectivity index (χ1) is 6.24. The van der Waals surface area contributed by atoms with E-state index < -0.39 is 0 Å². The fourth-order valence-corrected chi connectivity index (χ4v) is 0.848. The molecule has 0 bridgehead atoms.